The Hall–Kier alpha value is -3.40. The number of nitrogens with zero attached hydrogens (tertiary/aromatic N) is 1. The second kappa shape index (κ2) is 11.0. The Labute approximate surface area is 200 Å². The first-order valence-corrected chi connectivity index (χ1v) is 10.9. The number of nitrogens with one attached hydrogen (secondary N) is 2. The number of benzene rings is 2. The van der Waals surface area contributed by atoms with Crippen molar-refractivity contribution in [3.05, 3.63) is 63.6 Å². The molecule has 9 nitrogen and oxygen atoms in total. The average Bonchev–Trinajstić information content (AvgIpc) is 2.69. The highest BCUT2D eigenvalue weighted by molar-refractivity contribution is 9.10. The van der Waals surface area contributed by atoms with E-state index < -0.39 is 23.8 Å². The van der Waals surface area contributed by atoms with Crippen LogP contribution in [0.1, 0.15) is 54.7 Å². The number of hydrogen-bond donors (Lipinski definition) is 5. The van der Waals surface area contributed by atoms with Crippen molar-refractivity contribution in [1.29, 1.82) is 0 Å². The number of aliphatic imine (C=N–C) groups is 1. The molecule has 2 aromatic carbocycles. The number of amides is 2. The molecule has 10 heteroatoms. The second-order valence-corrected chi connectivity index (χ2v) is 9.43. The van der Waals surface area contributed by atoms with E-state index >= 15 is 0 Å². The van der Waals surface area contributed by atoms with E-state index in [0.717, 1.165) is 10.0 Å². The summed E-state index contributed by atoms with van der Waals surface area (Å²) >= 11 is 3.46. The molecule has 0 saturated carbocycles. The first kappa shape index (κ1) is 25.9. The van der Waals surface area contributed by atoms with Crippen molar-refractivity contribution in [1.82, 2.24) is 10.6 Å². The van der Waals surface area contributed by atoms with Gasteiger partial charge in [-0.1, -0.05) is 48.8 Å². The normalized spacial score (nSPS) is 11.9. The van der Waals surface area contributed by atoms with Crippen LogP contribution in [0.5, 0.6) is 0 Å². The molecule has 0 aliphatic heterocycles. The van der Waals surface area contributed by atoms with Gasteiger partial charge in [-0.15, -0.1) is 0 Å². The second-order valence-electron chi connectivity index (χ2n) is 8.51. The van der Waals surface area contributed by atoms with Crippen LogP contribution in [-0.2, 0) is 15.0 Å². The maximum Gasteiger partial charge on any atom is 0.305 e. The van der Waals surface area contributed by atoms with E-state index in [0.29, 0.717) is 11.3 Å². The highest BCUT2D eigenvalue weighted by Gasteiger charge is 2.22. The van der Waals surface area contributed by atoms with Crippen molar-refractivity contribution in [2.75, 3.05) is 6.54 Å². The number of carbonyl (C=O) groups is 3. The number of halogens is 1. The van der Waals surface area contributed by atoms with Crippen LogP contribution in [0.3, 0.4) is 0 Å². The van der Waals surface area contributed by atoms with E-state index in [1.54, 1.807) is 24.3 Å². The first-order valence-electron chi connectivity index (χ1n) is 10.1. The summed E-state index contributed by atoms with van der Waals surface area (Å²) in [7, 11) is 0. The van der Waals surface area contributed by atoms with Crippen LogP contribution in [0, 0.1) is 0 Å². The van der Waals surface area contributed by atoms with Crippen molar-refractivity contribution in [3.63, 3.8) is 0 Å². The van der Waals surface area contributed by atoms with Gasteiger partial charge in [0.15, 0.2) is 5.96 Å². The topological polar surface area (TPSA) is 160 Å². The van der Waals surface area contributed by atoms with E-state index in [1.165, 1.54) is 6.07 Å². The molecule has 2 rings (SSSR count). The number of carbonyl (C=O) groups excluding carboxylic acids is 2. The number of carboxylic acids is 1. The van der Waals surface area contributed by atoms with Gasteiger partial charge in [0.25, 0.3) is 5.91 Å². The summed E-state index contributed by atoms with van der Waals surface area (Å²) in [5.74, 6) is -2.21. The molecule has 1 atom stereocenters. The molecule has 176 valence electrons. The van der Waals surface area contributed by atoms with Crippen LogP contribution in [0.2, 0.25) is 0 Å². The third-order valence-corrected chi connectivity index (χ3v) is 5.14. The standard InChI is InChI=1S/C23H28BrN5O4/c1-23(2,3)15-7-14(8-16(24)10-15)18(11-20(31)32)29-19(30)12-27-21(33)13-5-4-6-17(9-13)28-22(25)26/h4-10,18H,11-12H2,1-3H3,(H,27,33)(H,29,30)(H,31,32)(H4,25,26,28)/t18-/m0/s1. The number of hydrogen-bond acceptors (Lipinski definition) is 4. The molecule has 0 spiro atoms. The molecule has 33 heavy (non-hydrogen) atoms. The fourth-order valence-electron chi connectivity index (χ4n) is 3.05. The molecule has 0 unspecified atom stereocenters. The Morgan fingerprint density at radius 1 is 1.12 bits per heavy atom. The number of rotatable bonds is 8. The Morgan fingerprint density at radius 2 is 1.82 bits per heavy atom. The highest BCUT2D eigenvalue weighted by Crippen LogP contribution is 2.30. The number of guanidine groups is 1. The van der Waals surface area contributed by atoms with Gasteiger partial charge in [0.1, 0.15) is 0 Å². The van der Waals surface area contributed by atoms with Crippen LogP contribution in [0.15, 0.2) is 51.9 Å². The third kappa shape index (κ3) is 8.23. The highest BCUT2D eigenvalue weighted by atomic mass is 79.9. The summed E-state index contributed by atoms with van der Waals surface area (Å²) < 4.78 is 0.781. The summed E-state index contributed by atoms with van der Waals surface area (Å²) in [4.78, 5) is 40.3. The molecular weight excluding hydrogens is 490 g/mol. The van der Waals surface area contributed by atoms with Gasteiger partial charge in [-0.3, -0.25) is 14.4 Å². The van der Waals surface area contributed by atoms with E-state index in [2.05, 4.69) is 31.6 Å². The van der Waals surface area contributed by atoms with Crippen molar-refractivity contribution < 1.29 is 19.5 Å². The number of carboxylic acid groups (broad SMARTS) is 1. The fraction of sp³-hybridized carbons (Fsp3) is 0.304. The predicted molar refractivity (Wildman–Crippen MR) is 130 cm³/mol. The van der Waals surface area contributed by atoms with E-state index in [-0.39, 0.29) is 29.9 Å². The van der Waals surface area contributed by atoms with Gasteiger partial charge in [0.2, 0.25) is 5.91 Å². The van der Waals surface area contributed by atoms with Crippen LogP contribution in [0.4, 0.5) is 5.69 Å². The molecule has 2 amide bonds. The summed E-state index contributed by atoms with van der Waals surface area (Å²) in [5, 5.41) is 14.6. The molecule has 0 fully saturated rings. The lowest BCUT2D eigenvalue weighted by Gasteiger charge is -2.24. The predicted octanol–water partition coefficient (Wildman–Crippen LogP) is 2.71. The van der Waals surface area contributed by atoms with Gasteiger partial charge >= 0.3 is 5.97 Å². The lowest BCUT2D eigenvalue weighted by Crippen LogP contribution is -2.39. The monoisotopic (exact) mass is 517 g/mol. The van der Waals surface area contributed by atoms with Gasteiger partial charge in [0.05, 0.1) is 24.7 Å². The lowest BCUT2D eigenvalue weighted by atomic mass is 9.85. The van der Waals surface area contributed by atoms with Crippen molar-refractivity contribution in [2.24, 2.45) is 16.5 Å². The maximum atomic E-state index is 12.5. The van der Waals surface area contributed by atoms with Crippen LogP contribution in [-0.4, -0.2) is 35.4 Å². The Kier molecular flexibility index (Phi) is 8.58. The van der Waals surface area contributed by atoms with Gasteiger partial charge in [-0.05, 0) is 46.9 Å². The summed E-state index contributed by atoms with van der Waals surface area (Å²) in [5.41, 5.74) is 12.8. The molecule has 0 radical (unpaired) electrons. The van der Waals surface area contributed by atoms with Crippen LogP contribution >= 0.6 is 15.9 Å². The van der Waals surface area contributed by atoms with Crippen molar-refractivity contribution in [2.45, 2.75) is 38.6 Å². The first-order chi connectivity index (χ1) is 15.3. The minimum Gasteiger partial charge on any atom is -0.481 e. The van der Waals surface area contributed by atoms with E-state index in [4.69, 9.17) is 11.5 Å². The molecule has 0 bridgehead atoms. The minimum absolute atomic E-state index is 0.140. The zero-order valence-electron chi connectivity index (χ0n) is 18.7. The van der Waals surface area contributed by atoms with E-state index in [1.807, 2.05) is 32.9 Å². The summed E-state index contributed by atoms with van der Waals surface area (Å²) in [6, 6.07) is 11.1. The molecular formula is C23H28BrN5O4. The smallest absolute Gasteiger partial charge is 0.305 e. The molecule has 0 heterocycles. The summed E-state index contributed by atoms with van der Waals surface area (Å²) in [6.07, 6.45) is -0.305. The van der Waals surface area contributed by atoms with Crippen LogP contribution < -0.4 is 22.1 Å². The third-order valence-electron chi connectivity index (χ3n) is 4.68. The van der Waals surface area contributed by atoms with E-state index in [9.17, 15) is 19.5 Å². The molecule has 0 aliphatic rings. The Bertz CT molecular complexity index is 1070. The van der Waals surface area contributed by atoms with Crippen molar-refractivity contribution in [3.8, 4) is 0 Å². The average molecular weight is 518 g/mol. The largest absolute Gasteiger partial charge is 0.481 e. The molecule has 0 aromatic heterocycles. The summed E-state index contributed by atoms with van der Waals surface area (Å²) in [6.45, 7) is 5.80. The minimum atomic E-state index is -1.06. The molecule has 2 aromatic rings. The lowest BCUT2D eigenvalue weighted by molar-refractivity contribution is -0.137. The van der Waals surface area contributed by atoms with Gasteiger partial charge in [-0.25, -0.2) is 4.99 Å². The quantitative estimate of drug-likeness (QED) is 0.267. The fourth-order valence-corrected chi connectivity index (χ4v) is 3.56. The van der Waals surface area contributed by atoms with Gasteiger partial charge in [0, 0.05) is 10.0 Å². The van der Waals surface area contributed by atoms with Crippen molar-refractivity contribution >= 4 is 45.4 Å². The molecule has 7 N–H and O–H groups in total. The SMILES string of the molecule is CC(C)(C)c1cc(Br)cc([C@H](CC(=O)O)NC(=O)CNC(=O)c2cccc(N=C(N)N)c2)c1. The Balaban J connectivity index is 2.12. The molecule has 0 saturated heterocycles. The zero-order valence-corrected chi connectivity index (χ0v) is 20.3. The zero-order chi connectivity index (χ0) is 24.8. The number of nitrogens with two attached hydrogens (primary N) is 2. The van der Waals surface area contributed by atoms with Gasteiger partial charge in [-0.2, -0.15) is 0 Å². The molecule has 0 aliphatic carbocycles. The maximum absolute atomic E-state index is 12.5. The van der Waals surface area contributed by atoms with Crippen LogP contribution in [0.25, 0.3) is 0 Å². The Morgan fingerprint density at radius 3 is 2.42 bits per heavy atom. The number of aliphatic carboxylic acids is 1. The van der Waals surface area contributed by atoms with Gasteiger partial charge < -0.3 is 27.2 Å².